The first-order valence-electron chi connectivity index (χ1n) is 9.06. The normalized spacial score (nSPS) is 20.4. The Hall–Kier alpha value is -1.70. The summed E-state index contributed by atoms with van der Waals surface area (Å²) in [4.78, 5) is 2.30. The van der Waals surface area contributed by atoms with Gasteiger partial charge in [0.05, 0.1) is 24.0 Å². The molecule has 2 atom stereocenters. The number of piperazine rings is 1. The fourth-order valence-corrected chi connectivity index (χ4v) is 4.24. The van der Waals surface area contributed by atoms with Gasteiger partial charge in [-0.25, -0.2) is 0 Å². The Morgan fingerprint density at radius 2 is 2.07 bits per heavy atom. The minimum absolute atomic E-state index is 0.00646. The molecule has 0 amide bonds. The van der Waals surface area contributed by atoms with Gasteiger partial charge in [-0.3, -0.25) is 5.01 Å². The highest BCUT2D eigenvalue weighted by Gasteiger charge is 2.27. The molecule has 0 spiro atoms. The van der Waals surface area contributed by atoms with Crippen LogP contribution in [0.25, 0.3) is 0 Å². The molecule has 4 rings (SSSR count). The molecule has 1 fully saturated rings. The zero-order valence-electron chi connectivity index (χ0n) is 15.0. The summed E-state index contributed by atoms with van der Waals surface area (Å²) in [5.41, 5.74) is 10.7. The molecule has 0 bridgehead atoms. The van der Waals surface area contributed by atoms with E-state index < -0.39 is 0 Å². The summed E-state index contributed by atoms with van der Waals surface area (Å²) >= 11 is 12.5. The van der Waals surface area contributed by atoms with Crippen molar-refractivity contribution in [2.75, 3.05) is 41.6 Å². The van der Waals surface area contributed by atoms with Crippen LogP contribution < -0.4 is 26.2 Å². The number of rotatable bonds is 4. The van der Waals surface area contributed by atoms with Gasteiger partial charge in [0.15, 0.2) is 0 Å². The van der Waals surface area contributed by atoms with Crippen molar-refractivity contribution < 1.29 is 5.11 Å². The van der Waals surface area contributed by atoms with Crippen LogP contribution in [0.5, 0.6) is 0 Å². The van der Waals surface area contributed by atoms with E-state index in [2.05, 4.69) is 51.3 Å². The Morgan fingerprint density at radius 3 is 2.85 bits per heavy atom. The fraction of sp³-hybridized carbons (Fsp3) is 0.368. The number of benzene rings is 2. The Bertz CT molecular complexity index is 834. The molecule has 0 aliphatic carbocycles. The minimum Gasteiger partial charge on any atom is -0.395 e. The average Bonchev–Trinajstić information content (AvgIpc) is 3.11. The van der Waals surface area contributed by atoms with Crippen molar-refractivity contribution in [1.82, 2.24) is 10.9 Å². The average molecular weight is 408 g/mol. The number of aliphatic hydroxyl groups excluding tert-OH is 1. The zero-order chi connectivity index (χ0) is 19.0. The highest BCUT2D eigenvalue weighted by molar-refractivity contribution is 6.35. The van der Waals surface area contributed by atoms with Crippen LogP contribution in [0.1, 0.15) is 18.5 Å². The molecule has 27 heavy (non-hydrogen) atoms. The van der Waals surface area contributed by atoms with Crippen molar-refractivity contribution in [3.05, 3.63) is 52.0 Å². The fourth-order valence-electron chi connectivity index (χ4n) is 3.67. The molecule has 0 aromatic heterocycles. The summed E-state index contributed by atoms with van der Waals surface area (Å²) in [7, 11) is 0. The van der Waals surface area contributed by atoms with Crippen molar-refractivity contribution in [3.8, 4) is 0 Å². The first-order valence-corrected chi connectivity index (χ1v) is 9.81. The number of aliphatic hydroxyl groups is 1. The number of anilines is 3. The van der Waals surface area contributed by atoms with Gasteiger partial charge < -0.3 is 20.7 Å². The van der Waals surface area contributed by atoms with Crippen LogP contribution >= 0.6 is 23.2 Å². The van der Waals surface area contributed by atoms with Gasteiger partial charge in [0.1, 0.15) is 0 Å². The quantitative estimate of drug-likeness (QED) is 0.624. The second-order valence-corrected chi connectivity index (χ2v) is 7.77. The van der Waals surface area contributed by atoms with E-state index in [4.69, 9.17) is 23.2 Å². The number of hydrazine groups is 2. The van der Waals surface area contributed by atoms with Gasteiger partial charge in [0.25, 0.3) is 0 Å². The summed E-state index contributed by atoms with van der Waals surface area (Å²) < 4.78 is 0. The van der Waals surface area contributed by atoms with Gasteiger partial charge >= 0.3 is 0 Å². The van der Waals surface area contributed by atoms with Crippen LogP contribution in [0.3, 0.4) is 0 Å². The first kappa shape index (κ1) is 18.7. The SMILES string of the molecule is C[C@H](c1ccc(Cl)cc1Cl)N1NNc2ccc(N3CCN[C@H](CO)C3)cc21. The van der Waals surface area contributed by atoms with Crippen molar-refractivity contribution in [1.29, 1.82) is 0 Å². The predicted molar refractivity (Wildman–Crippen MR) is 112 cm³/mol. The molecule has 2 heterocycles. The standard InChI is InChI=1S/C19H23Cl2N5O/c1-12(16-4-2-13(20)8-17(16)21)26-19-9-15(3-5-18(19)23-24-26)25-7-6-22-14(10-25)11-27/h2-5,8-9,12,14,22-24,27H,6-7,10-11H2,1H3/t12-,14+/m1/s1. The third kappa shape index (κ3) is 3.68. The number of halogens is 2. The summed E-state index contributed by atoms with van der Waals surface area (Å²) in [6, 6.07) is 12.0. The van der Waals surface area contributed by atoms with E-state index in [0.717, 1.165) is 42.3 Å². The van der Waals surface area contributed by atoms with E-state index in [9.17, 15) is 5.11 Å². The van der Waals surface area contributed by atoms with E-state index in [0.29, 0.717) is 10.0 Å². The smallest absolute Gasteiger partial charge is 0.0810 e. The monoisotopic (exact) mass is 407 g/mol. The van der Waals surface area contributed by atoms with Gasteiger partial charge in [-0.1, -0.05) is 29.3 Å². The van der Waals surface area contributed by atoms with Gasteiger partial charge in [-0.05, 0) is 42.8 Å². The van der Waals surface area contributed by atoms with Crippen LogP contribution in [0.15, 0.2) is 36.4 Å². The van der Waals surface area contributed by atoms with Crippen LogP contribution in [0, 0.1) is 0 Å². The van der Waals surface area contributed by atoms with Gasteiger partial charge in [-0.15, -0.1) is 5.53 Å². The number of hydrogen-bond acceptors (Lipinski definition) is 6. The van der Waals surface area contributed by atoms with E-state index in [1.54, 1.807) is 6.07 Å². The highest BCUT2D eigenvalue weighted by Crippen LogP contribution is 2.39. The maximum Gasteiger partial charge on any atom is 0.0810 e. The molecule has 0 unspecified atom stereocenters. The minimum atomic E-state index is 0.00646. The second-order valence-electron chi connectivity index (χ2n) is 6.93. The lowest BCUT2D eigenvalue weighted by Gasteiger charge is -2.35. The molecule has 0 radical (unpaired) electrons. The topological polar surface area (TPSA) is 62.8 Å². The third-order valence-corrected chi connectivity index (χ3v) is 5.76. The van der Waals surface area contributed by atoms with E-state index in [-0.39, 0.29) is 18.7 Å². The van der Waals surface area contributed by atoms with Crippen molar-refractivity contribution >= 4 is 40.3 Å². The molecule has 144 valence electrons. The molecular formula is C19H23Cl2N5O. The van der Waals surface area contributed by atoms with Gasteiger partial charge in [0, 0.05) is 41.4 Å². The largest absolute Gasteiger partial charge is 0.395 e. The predicted octanol–water partition coefficient (Wildman–Crippen LogP) is 3.18. The van der Waals surface area contributed by atoms with Crippen LogP contribution in [0.2, 0.25) is 10.0 Å². The van der Waals surface area contributed by atoms with Gasteiger partial charge in [0.2, 0.25) is 0 Å². The van der Waals surface area contributed by atoms with Crippen molar-refractivity contribution in [3.63, 3.8) is 0 Å². The summed E-state index contributed by atoms with van der Waals surface area (Å²) in [6.07, 6.45) is 0. The Kier molecular flexibility index (Phi) is 5.34. The Morgan fingerprint density at radius 1 is 1.22 bits per heavy atom. The summed E-state index contributed by atoms with van der Waals surface area (Å²) in [5.74, 6) is 0. The lowest BCUT2D eigenvalue weighted by atomic mass is 10.1. The molecular weight excluding hydrogens is 385 g/mol. The van der Waals surface area contributed by atoms with E-state index in [1.807, 2.05) is 12.1 Å². The molecule has 2 aliphatic heterocycles. The van der Waals surface area contributed by atoms with Crippen LogP contribution in [0.4, 0.5) is 17.1 Å². The first-order chi connectivity index (χ1) is 13.1. The van der Waals surface area contributed by atoms with Crippen molar-refractivity contribution in [2.45, 2.75) is 19.0 Å². The van der Waals surface area contributed by atoms with E-state index in [1.165, 1.54) is 0 Å². The Balaban J connectivity index is 1.61. The summed E-state index contributed by atoms with van der Waals surface area (Å²) in [5, 5.41) is 16.1. The number of hydrogen-bond donors (Lipinski definition) is 4. The maximum atomic E-state index is 9.46. The molecule has 2 aromatic carbocycles. The maximum absolute atomic E-state index is 9.46. The molecule has 1 saturated heterocycles. The van der Waals surface area contributed by atoms with E-state index >= 15 is 0 Å². The number of nitrogens with zero attached hydrogens (tertiary/aromatic N) is 2. The second kappa shape index (κ2) is 7.73. The lowest BCUT2D eigenvalue weighted by Crippen LogP contribution is -2.52. The van der Waals surface area contributed by atoms with Crippen LogP contribution in [-0.2, 0) is 0 Å². The third-order valence-electron chi connectivity index (χ3n) is 5.19. The molecule has 2 aliphatic rings. The highest BCUT2D eigenvalue weighted by atomic mass is 35.5. The summed E-state index contributed by atoms with van der Waals surface area (Å²) in [6.45, 7) is 4.80. The molecule has 2 aromatic rings. The Labute approximate surface area is 169 Å². The number of nitrogens with one attached hydrogen (secondary N) is 3. The van der Waals surface area contributed by atoms with Crippen molar-refractivity contribution in [2.24, 2.45) is 0 Å². The van der Waals surface area contributed by atoms with Gasteiger partial charge in [-0.2, -0.15) is 0 Å². The number of fused-ring (bicyclic) bond motifs is 1. The zero-order valence-corrected chi connectivity index (χ0v) is 16.6. The lowest BCUT2D eigenvalue weighted by molar-refractivity contribution is 0.235. The molecule has 4 N–H and O–H groups in total. The molecule has 8 heteroatoms. The molecule has 6 nitrogen and oxygen atoms in total. The van der Waals surface area contributed by atoms with Crippen LogP contribution in [-0.4, -0.2) is 37.4 Å². The molecule has 0 saturated carbocycles.